The molecule has 1 fully saturated rings. The summed E-state index contributed by atoms with van der Waals surface area (Å²) in [6.45, 7) is 7.30. The van der Waals surface area contributed by atoms with Gasteiger partial charge in [0.25, 0.3) is 11.1 Å². The summed E-state index contributed by atoms with van der Waals surface area (Å²) < 4.78 is 5.84. The fourth-order valence-electron chi connectivity index (χ4n) is 4.15. The summed E-state index contributed by atoms with van der Waals surface area (Å²) in [6, 6.07) is 14.4. The van der Waals surface area contributed by atoms with Crippen LogP contribution in [0.2, 0.25) is 0 Å². The number of hydrogen-bond donors (Lipinski definition) is 1. The number of oxazole rings is 1. The number of piperidine rings is 1. The maximum atomic E-state index is 12.6. The maximum absolute atomic E-state index is 12.6. The van der Waals surface area contributed by atoms with Crippen LogP contribution >= 0.6 is 11.8 Å². The quantitative estimate of drug-likeness (QED) is 0.376. The van der Waals surface area contributed by atoms with Gasteiger partial charge >= 0.3 is 0 Å². The first-order valence-electron chi connectivity index (χ1n) is 11.2. The highest BCUT2D eigenvalue weighted by Gasteiger charge is 2.17. The van der Waals surface area contributed by atoms with Gasteiger partial charge in [0, 0.05) is 30.4 Å². The number of carbonyl (C=O) groups is 1. The molecule has 1 aliphatic heterocycles. The average Bonchev–Trinajstić information content (AvgIpc) is 3.21. The van der Waals surface area contributed by atoms with Crippen LogP contribution in [0.4, 0.5) is 0 Å². The van der Waals surface area contributed by atoms with Gasteiger partial charge in [0.2, 0.25) is 0 Å². The number of aryl methyl sites for hydroxylation is 1. The molecule has 31 heavy (non-hydrogen) atoms. The number of para-hydroxylation sites is 1. The number of nitrogens with one attached hydrogen (secondary N) is 1. The Morgan fingerprint density at radius 3 is 2.97 bits per heavy atom. The summed E-state index contributed by atoms with van der Waals surface area (Å²) in [5.74, 6) is 0.704. The summed E-state index contributed by atoms with van der Waals surface area (Å²) in [5.41, 5.74) is 4.63. The molecular weight excluding hydrogens is 406 g/mol. The summed E-state index contributed by atoms with van der Waals surface area (Å²) in [4.78, 5) is 19.7. The molecule has 0 saturated carbocycles. The standard InChI is InChI=1S/C25H31N3O2S/c1-18-8-5-12-22-23(18)27-25(30-22)31-17-20-10-6-11-21(16-20)24(29)26-13-7-15-28-14-4-3-9-19(28)2/h5-6,8,10-12,16,19H,3-4,7,9,13-15,17H2,1-2H3,(H,26,29). The van der Waals surface area contributed by atoms with Gasteiger partial charge in [-0.2, -0.15) is 0 Å². The first-order valence-corrected chi connectivity index (χ1v) is 12.2. The fourth-order valence-corrected chi connectivity index (χ4v) is 4.93. The van der Waals surface area contributed by atoms with Crippen molar-refractivity contribution in [3.8, 4) is 0 Å². The molecule has 6 heteroatoms. The van der Waals surface area contributed by atoms with E-state index in [-0.39, 0.29) is 5.91 Å². The van der Waals surface area contributed by atoms with E-state index in [4.69, 9.17) is 4.42 Å². The summed E-state index contributed by atoms with van der Waals surface area (Å²) in [5, 5.41) is 3.73. The predicted molar refractivity (Wildman–Crippen MR) is 127 cm³/mol. The van der Waals surface area contributed by atoms with E-state index in [9.17, 15) is 4.79 Å². The molecule has 0 radical (unpaired) electrons. The Balaban J connectivity index is 1.27. The maximum Gasteiger partial charge on any atom is 0.257 e. The minimum atomic E-state index is -0.00368. The summed E-state index contributed by atoms with van der Waals surface area (Å²) >= 11 is 1.55. The molecule has 5 nitrogen and oxygen atoms in total. The molecule has 1 N–H and O–H groups in total. The molecule has 2 aromatic carbocycles. The van der Waals surface area contributed by atoms with Crippen LogP contribution in [0, 0.1) is 6.92 Å². The van der Waals surface area contributed by atoms with E-state index in [1.807, 2.05) is 49.4 Å². The molecule has 0 spiro atoms. The first-order chi connectivity index (χ1) is 15.1. The summed E-state index contributed by atoms with van der Waals surface area (Å²) in [6.07, 6.45) is 4.92. The number of rotatable bonds is 8. The van der Waals surface area contributed by atoms with E-state index in [1.165, 1.54) is 25.8 Å². The molecule has 1 unspecified atom stereocenters. The number of fused-ring (bicyclic) bond motifs is 1. The van der Waals surface area contributed by atoms with Gasteiger partial charge in [-0.1, -0.05) is 42.4 Å². The van der Waals surface area contributed by atoms with Crippen LogP contribution in [0.3, 0.4) is 0 Å². The van der Waals surface area contributed by atoms with Crippen molar-refractivity contribution in [1.29, 1.82) is 0 Å². The number of aromatic nitrogens is 1. The molecule has 0 aliphatic carbocycles. The number of likely N-dealkylation sites (tertiary alicyclic amines) is 1. The van der Waals surface area contributed by atoms with Crippen molar-refractivity contribution in [2.45, 2.75) is 56.5 Å². The Morgan fingerprint density at radius 1 is 1.26 bits per heavy atom. The third kappa shape index (κ3) is 5.69. The van der Waals surface area contributed by atoms with Crippen LogP contribution in [-0.2, 0) is 5.75 Å². The molecule has 3 aromatic rings. The third-order valence-corrected chi connectivity index (χ3v) is 6.90. The second-order valence-electron chi connectivity index (χ2n) is 8.38. The van der Waals surface area contributed by atoms with Gasteiger partial charge in [-0.05, 0) is 69.0 Å². The molecule has 1 atom stereocenters. The summed E-state index contributed by atoms with van der Waals surface area (Å²) in [7, 11) is 0. The smallest absolute Gasteiger partial charge is 0.257 e. The monoisotopic (exact) mass is 437 g/mol. The van der Waals surface area contributed by atoms with Crippen molar-refractivity contribution in [1.82, 2.24) is 15.2 Å². The zero-order valence-electron chi connectivity index (χ0n) is 18.4. The van der Waals surface area contributed by atoms with Gasteiger partial charge < -0.3 is 14.6 Å². The van der Waals surface area contributed by atoms with Gasteiger partial charge in [0.05, 0.1) is 0 Å². The Bertz CT molecular complexity index is 1030. The van der Waals surface area contributed by atoms with Gasteiger partial charge in [-0.3, -0.25) is 4.79 Å². The van der Waals surface area contributed by atoms with E-state index in [1.54, 1.807) is 11.8 Å². The van der Waals surface area contributed by atoms with Crippen LogP contribution in [0.1, 0.15) is 54.1 Å². The second kappa shape index (κ2) is 10.3. The minimum absolute atomic E-state index is 0.00368. The van der Waals surface area contributed by atoms with Gasteiger partial charge in [0.15, 0.2) is 5.58 Å². The lowest BCUT2D eigenvalue weighted by Crippen LogP contribution is -2.39. The van der Waals surface area contributed by atoms with Crippen LogP contribution in [0.15, 0.2) is 52.1 Å². The van der Waals surface area contributed by atoms with E-state index < -0.39 is 0 Å². The molecule has 4 rings (SSSR count). The number of benzene rings is 2. The van der Waals surface area contributed by atoms with Crippen molar-refractivity contribution in [3.63, 3.8) is 0 Å². The highest BCUT2D eigenvalue weighted by atomic mass is 32.2. The average molecular weight is 438 g/mol. The first kappa shape index (κ1) is 21.9. The van der Waals surface area contributed by atoms with Crippen LogP contribution < -0.4 is 5.32 Å². The largest absolute Gasteiger partial charge is 0.431 e. The Hall–Kier alpha value is -2.31. The SMILES string of the molecule is Cc1cccc2oc(SCc3cccc(C(=O)NCCCN4CCCCC4C)c3)nc12. The Labute approximate surface area is 188 Å². The lowest BCUT2D eigenvalue weighted by atomic mass is 10.0. The number of nitrogens with zero attached hydrogens (tertiary/aromatic N) is 2. The molecule has 0 bridgehead atoms. The normalized spacial score (nSPS) is 17.2. The van der Waals surface area contributed by atoms with Crippen molar-refractivity contribution < 1.29 is 9.21 Å². The minimum Gasteiger partial charge on any atom is -0.431 e. The van der Waals surface area contributed by atoms with E-state index in [0.29, 0.717) is 29.1 Å². The number of amides is 1. The second-order valence-corrected chi connectivity index (χ2v) is 9.31. The van der Waals surface area contributed by atoms with Crippen molar-refractivity contribution in [2.75, 3.05) is 19.6 Å². The zero-order valence-corrected chi connectivity index (χ0v) is 19.2. The van der Waals surface area contributed by atoms with Crippen LogP contribution in [0.5, 0.6) is 0 Å². The van der Waals surface area contributed by atoms with Gasteiger partial charge in [0.1, 0.15) is 5.52 Å². The van der Waals surface area contributed by atoms with E-state index in [0.717, 1.165) is 35.2 Å². The number of hydrogen-bond acceptors (Lipinski definition) is 5. The lowest BCUT2D eigenvalue weighted by Gasteiger charge is -2.33. The lowest BCUT2D eigenvalue weighted by molar-refractivity contribution is 0.0949. The molecule has 1 amide bonds. The molecule has 1 aromatic heterocycles. The van der Waals surface area contributed by atoms with Crippen LogP contribution in [0.25, 0.3) is 11.1 Å². The topological polar surface area (TPSA) is 58.4 Å². The molecule has 1 saturated heterocycles. The highest BCUT2D eigenvalue weighted by Crippen LogP contribution is 2.28. The van der Waals surface area contributed by atoms with Crippen molar-refractivity contribution >= 4 is 28.8 Å². The predicted octanol–water partition coefficient (Wildman–Crippen LogP) is 5.42. The molecular formula is C25H31N3O2S. The molecule has 2 heterocycles. The van der Waals surface area contributed by atoms with Crippen LogP contribution in [-0.4, -0.2) is 41.5 Å². The Morgan fingerprint density at radius 2 is 2.13 bits per heavy atom. The zero-order chi connectivity index (χ0) is 21.6. The van der Waals surface area contributed by atoms with E-state index in [2.05, 4.69) is 22.1 Å². The van der Waals surface area contributed by atoms with E-state index >= 15 is 0 Å². The highest BCUT2D eigenvalue weighted by molar-refractivity contribution is 7.98. The molecule has 164 valence electrons. The van der Waals surface area contributed by atoms with Gasteiger partial charge in [-0.25, -0.2) is 4.98 Å². The number of thioether (sulfide) groups is 1. The van der Waals surface area contributed by atoms with Crippen molar-refractivity contribution in [3.05, 3.63) is 59.2 Å². The van der Waals surface area contributed by atoms with Gasteiger partial charge in [-0.15, -0.1) is 0 Å². The third-order valence-electron chi connectivity index (χ3n) is 6.00. The fraction of sp³-hybridized carbons (Fsp3) is 0.440. The Kier molecular flexibility index (Phi) is 7.30. The number of carbonyl (C=O) groups excluding carboxylic acids is 1. The van der Waals surface area contributed by atoms with Crippen molar-refractivity contribution in [2.24, 2.45) is 0 Å². The molecule has 1 aliphatic rings.